The van der Waals surface area contributed by atoms with Crippen LogP contribution >= 0.6 is 0 Å². The monoisotopic (exact) mass is 368 g/mol. The van der Waals surface area contributed by atoms with E-state index < -0.39 is 0 Å². The topological polar surface area (TPSA) is 9.23 Å². The van der Waals surface area contributed by atoms with Gasteiger partial charge in [0.1, 0.15) is 0 Å². The first kappa shape index (κ1) is 26.0. The summed E-state index contributed by atoms with van der Waals surface area (Å²) in [5, 5.41) is 0. The highest BCUT2D eigenvalue weighted by Gasteiger charge is 2.09. The molecule has 0 aromatic heterocycles. The van der Waals surface area contributed by atoms with E-state index in [2.05, 4.69) is 20.8 Å². The van der Waals surface area contributed by atoms with Gasteiger partial charge in [0.05, 0.1) is 0 Å². The lowest BCUT2D eigenvalue weighted by molar-refractivity contribution is 0.0878. The van der Waals surface area contributed by atoms with E-state index in [0.29, 0.717) is 0 Å². The number of hydrogen-bond donors (Lipinski definition) is 0. The highest BCUT2D eigenvalue weighted by molar-refractivity contribution is 4.60. The minimum absolute atomic E-state index is 0.822. The summed E-state index contributed by atoms with van der Waals surface area (Å²) in [6.45, 7) is 8.92. The molecule has 0 bridgehead atoms. The summed E-state index contributed by atoms with van der Waals surface area (Å²) in [5.74, 6) is 0.822. The van der Waals surface area contributed by atoms with E-state index in [1.165, 1.54) is 122 Å². The van der Waals surface area contributed by atoms with Gasteiger partial charge in [0.25, 0.3) is 0 Å². The van der Waals surface area contributed by atoms with Crippen LogP contribution in [0.15, 0.2) is 0 Å². The molecule has 1 heteroatoms. The molecule has 26 heavy (non-hydrogen) atoms. The first-order valence-corrected chi connectivity index (χ1v) is 12.4. The van der Waals surface area contributed by atoms with E-state index in [0.717, 1.165) is 19.1 Å². The van der Waals surface area contributed by atoms with Gasteiger partial charge in [-0.05, 0) is 25.2 Å². The summed E-state index contributed by atoms with van der Waals surface area (Å²) in [6, 6.07) is 0. The average Bonchev–Trinajstić information content (AvgIpc) is 2.65. The van der Waals surface area contributed by atoms with Crippen LogP contribution in [0.25, 0.3) is 0 Å². The molecule has 1 nitrogen and oxygen atoms in total. The molecule has 0 amide bonds. The summed E-state index contributed by atoms with van der Waals surface area (Å²) in [6.07, 6.45) is 26.5. The predicted molar refractivity (Wildman–Crippen MR) is 119 cm³/mol. The number of ether oxygens (including phenoxy) is 1. The van der Waals surface area contributed by atoms with Crippen LogP contribution in [0.2, 0.25) is 0 Å². The van der Waals surface area contributed by atoms with Gasteiger partial charge in [-0.25, -0.2) is 0 Å². The first-order chi connectivity index (χ1) is 12.8. The van der Waals surface area contributed by atoms with Crippen molar-refractivity contribution in [3.63, 3.8) is 0 Å². The van der Waals surface area contributed by atoms with Gasteiger partial charge in [0.15, 0.2) is 0 Å². The maximum atomic E-state index is 6.08. The molecule has 0 aliphatic rings. The Bertz CT molecular complexity index is 238. The number of rotatable bonds is 22. The fraction of sp³-hybridized carbons (Fsp3) is 1.00. The lowest BCUT2D eigenvalue weighted by Gasteiger charge is -2.17. The summed E-state index contributed by atoms with van der Waals surface area (Å²) in [7, 11) is 0. The molecule has 0 aromatic rings. The highest BCUT2D eigenvalue weighted by Crippen LogP contribution is 2.19. The molecule has 0 aliphatic carbocycles. The molecule has 158 valence electrons. The third kappa shape index (κ3) is 20.3. The molecule has 0 radical (unpaired) electrons. The molecule has 0 spiro atoms. The van der Waals surface area contributed by atoms with Crippen molar-refractivity contribution in [1.29, 1.82) is 0 Å². The van der Waals surface area contributed by atoms with Crippen LogP contribution in [0.1, 0.15) is 143 Å². The van der Waals surface area contributed by atoms with Crippen LogP contribution in [0.3, 0.4) is 0 Å². The predicted octanol–water partition coefficient (Wildman–Crippen LogP) is 9.09. The Balaban J connectivity index is 3.68. The molecule has 0 heterocycles. The Morgan fingerprint density at radius 3 is 1.35 bits per heavy atom. The van der Waals surface area contributed by atoms with Gasteiger partial charge < -0.3 is 4.74 Å². The van der Waals surface area contributed by atoms with Crippen LogP contribution in [0.4, 0.5) is 0 Å². The molecule has 0 saturated carbocycles. The second-order valence-corrected chi connectivity index (χ2v) is 8.47. The Labute approximate surface area is 167 Å². The summed E-state index contributed by atoms with van der Waals surface area (Å²) in [4.78, 5) is 0. The van der Waals surface area contributed by atoms with Crippen molar-refractivity contribution in [3.8, 4) is 0 Å². The smallest absolute Gasteiger partial charge is 0.0494 e. The van der Waals surface area contributed by atoms with Crippen molar-refractivity contribution in [2.75, 3.05) is 13.2 Å². The van der Waals surface area contributed by atoms with E-state index in [1.807, 2.05) is 0 Å². The molecule has 0 rings (SSSR count). The molecule has 0 aromatic carbocycles. The van der Waals surface area contributed by atoms with Crippen molar-refractivity contribution in [2.24, 2.45) is 5.92 Å². The zero-order chi connectivity index (χ0) is 19.1. The zero-order valence-corrected chi connectivity index (χ0v) is 18.8. The van der Waals surface area contributed by atoms with Gasteiger partial charge in [-0.15, -0.1) is 0 Å². The molecule has 0 N–H and O–H groups in total. The van der Waals surface area contributed by atoms with Crippen LogP contribution in [0, 0.1) is 5.92 Å². The van der Waals surface area contributed by atoms with Crippen molar-refractivity contribution < 1.29 is 4.74 Å². The molecule has 0 saturated heterocycles. The Kier molecular flexibility index (Phi) is 23.0. The quantitative estimate of drug-likeness (QED) is 0.173. The maximum Gasteiger partial charge on any atom is 0.0494 e. The Morgan fingerprint density at radius 2 is 0.846 bits per heavy atom. The van der Waals surface area contributed by atoms with Crippen molar-refractivity contribution in [3.05, 3.63) is 0 Å². The second kappa shape index (κ2) is 23.0. The summed E-state index contributed by atoms with van der Waals surface area (Å²) in [5.41, 5.74) is 0. The van der Waals surface area contributed by atoms with Crippen molar-refractivity contribution in [1.82, 2.24) is 0 Å². The SMILES string of the molecule is CCCCCCCCCOCC(CCCCCC)CCCCCCCC. The molecular weight excluding hydrogens is 316 g/mol. The van der Waals surface area contributed by atoms with Gasteiger partial charge in [0, 0.05) is 13.2 Å². The Hall–Kier alpha value is -0.0400. The minimum atomic E-state index is 0.822. The molecule has 0 fully saturated rings. The van der Waals surface area contributed by atoms with Gasteiger partial charge in [-0.2, -0.15) is 0 Å². The second-order valence-electron chi connectivity index (χ2n) is 8.47. The highest BCUT2D eigenvalue weighted by atomic mass is 16.5. The largest absolute Gasteiger partial charge is 0.381 e. The van der Waals surface area contributed by atoms with Crippen LogP contribution < -0.4 is 0 Å². The molecule has 1 unspecified atom stereocenters. The third-order valence-electron chi connectivity index (χ3n) is 5.68. The Morgan fingerprint density at radius 1 is 0.462 bits per heavy atom. The van der Waals surface area contributed by atoms with E-state index >= 15 is 0 Å². The lowest BCUT2D eigenvalue weighted by Crippen LogP contribution is -2.11. The summed E-state index contributed by atoms with van der Waals surface area (Å²) < 4.78 is 6.08. The number of hydrogen-bond acceptors (Lipinski definition) is 1. The van der Waals surface area contributed by atoms with E-state index in [-0.39, 0.29) is 0 Å². The fourth-order valence-corrected chi connectivity index (χ4v) is 3.80. The van der Waals surface area contributed by atoms with E-state index in [9.17, 15) is 0 Å². The molecular formula is C25H52O. The number of unbranched alkanes of at least 4 members (excludes halogenated alkanes) is 14. The van der Waals surface area contributed by atoms with E-state index in [1.54, 1.807) is 0 Å². The first-order valence-electron chi connectivity index (χ1n) is 12.4. The van der Waals surface area contributed by atoms with Crippen LogP contribution in [-0.4, -0.2) is 13.2 Å². The normalized spacial score (nSPS) is 12.6. The van der Waals surface area contributed by atoms with Gasteiger partial charge >= 0.3 is 0 Å². The van der Waals surface area contributed by atoms with Crippen LogP contribution in [0.5, 0.6) is 0 Å². The molecule has 0 aliphatic heterocycles. The van der Waals surface area contributed by atoms with Crippen molar-refractivity contribution in [2.45, 2.75) is 143 Å². The van der Waals surface area contributed by atoms with Crippen molar-refractivity contribution >= 4 is 0 Å². The van der Waals surface area contributed by atoms with Gasteiger partial charge in [-0.1, -0.05) is 124 Å². The third-order valence-corrected chi connectivity index (χ3v) is 5.68. The lowest BCUT2D eigenvalue weighted by atomic mass is 9.95. The minimum Gasteiger partial charge on any atom is -0.381 e. The molecule has 1 atom stereocenters. The standard InChI is InChI=1S/C25H52O/c1-4-7-10-13-15-17-20-23-26-24-25(21-18-12-9-6-3)22-19-16-14-11-8-5-2/h25H,4-24H2,1-3H3. The zero-order valence-electron chi connectivity index (χ0n) is 18.8. The van der Waals surface area contributed by atoms with E-state index in [4.69, 9.17) is 4.74 Å². The van der Waals surface area contributed by atoms with Crippen LogP contribution in [-0.2, 0) is 4.74 Å². The maximum absolute atomic E-state index is 6.08. The average molecular weight is 369 g/mol. The van der Waals surface area contributed by atoms with Gasteiger partial charge in [-0.3, -0.25) is 0 Å². The summed E-state index contributed by atoms with van der Waals surface area (Å²) >= 11 is 0. The fourth-order valence-electron chi connectivity index (χ4n) is 3.80. The van der Waals surface area contributed by atoms with Gasteiger partial charge in [0.2, 0.25) is 0 Å².